The maximum absolute atomic E-state index is 12.6. The van der Waals surface area contributed by atoms with E-state index >= 15 is 0 Å². The fourth-order valence-electron chi connectivity index (χ4n) is 2.94. The molecular formula is C23H26N4O3. The van der Waals surface area contributed by atoms with Crippen LogP contribution in [0, 0.1) is 0 Å². The Hall–Kier alpha value is -3.61. The van der Waals surface area contributed by atoms with Crippen LogP contribution < -0.4 is 16.0 Å². The van der Waals surface area contributed by atoms with Gasteiger partial charge in [0.15, 0.2) is 5.96 Å². The Labute approximate surface area is 176 Å². The van der Waals surface area contributed by atoms with Gasteiger partial charge in [0, 0.05) is 37.0 Å². The molecule has 0 unspecified atom stereocenters. The Morgan fingerprint density at radius 3 is 2.87 bits per heavy atom. The molecule has 0 saturated carbocycles. The van der Waals surface area contributed by atoms with Crippen molar-refractivity contribution >= 4 is 29.6 Å². The van der Waals surface area contributed by atoms with Gasteiger partial charge in [-0.15, -0.1) is 0 Å². The number of aliphatic imine (C=N–C) groups is 1. The van der Waals surface area contributed by atoms with Gasteiger partial charge < -0.3 is 20.7 Å². The summed E-state index contributed by atoms with van der Waals surface area (Å²) in [4.78, 5) is 28.4. The fourth-order valence-corrected chi connectivity index (χ4v) is 2.94. The van der Waals surface area contributed by atoms with Crippen LogP contribution >= 0.6 is 0 Å². The van der Waals surface area contributed by atoms with Gasteiger partial charge in [-0.05, 0) is 54.8 Å². The van der Waals surface area contributed by atoms with Gasteiger partial charge in [-0.2, -0.15) is 0 Å². The van der Waals surface area contributed by atoms with Gasteiger partial charge in [-0.3, -0.25) is 9.79 Å². The van der Waals surface area contributed by atoms with Crippen LogP contribution in [-0.4, -0.2) is 37.5 Å². The summed E-state index contributed by atoms with van der Waals surface area (Å²) in [6, 6.07) is 14.9. The van der Waals surface area contributed by atoms with Crippen molar-refractivity contribution < 1.29 is 14.3 Å². The smallest absolute Gasteiger partial charge is 0.330 e. The molecular weight excluding hydrogens is 380 g/mol. The molecule has 0 aliphatic carbocycles. The highest BCUT2D eigenvalue weighted by Gasteiger charge is 2.08. The number of hydrogen-bond acceptors (Lipinski definition) is 6. The molecule has 1 aliphatic rings. The number of hydrogen-bond donors (Lipinski definition) is 3. The Bertz CT molecular complexity index is 953. The summed E-state index contributed by atoms with van der Waals surface area (Å²) in [7, 11) is 0. The number of ether oxygens (including phenoxy) is 1. The van der Waals surface area contributed by atoms with Crippen molar-refractivity contribution in [3.63, 3.8) is 0 Å². The van der Waals surface area contributed by atoms with Gasteiger partial charge in [0.25, 0.3) is 5.91 Å². The topological polar surface area (TPSA) is 91.8 Å². The second-order valence-corrected chi connectivity index (χ2v) is 6.73. The molecule has 7 nitrogen and oxygen atoms in total. The summed E-state index contributed by atoms with van der Waals surface area (Å²) in [5.41, 5.74) is 3.17. The van der Waals surface area contributed by atoms with E-state index in [1.54, 1.807) is 25.1 Å². The standard InChI is InChI=1S/C23H26N4O3/c1-2-30-21(28)11-10-17-6-3-7-18(14-17)16-26-22(29)19-8-4-9-20(15-19)27-23-24-12-5-13-25-23/h3-4,6-11,14-15H,2,5,12-13,16H2,1H3,(H,26,29)(H2,24,25,27). The van der Waals surface area contributed by atoms with Crippen LogP contribution in [0.1, 0.15) is 34.8 Å². The third kappa shape index (κ3) is 6.48. The SMILES string of the molecule is CCOC(=O)C=Cc1cccc(CNC(=O)c2cccc(NC3=NCCCN3)c2)c1. The summed E-state index contributed by atoms with van der Waals surface area (Å²) >= 11 is 0. The zero-order valence-corrected chi connectivity index (χ0v) is 17.0. The maximum Gasteiger partial charge on any atom is 0.330 e. The lowest BCUT2D eigenvalue weighted by molar-refractivity contribution is -0.137. The van der Waals surface area contributed by atoms with Gasteiger partial charge in [0.05, 0.1) is 6.61 Å². The van der Waals surface area contributed by atoms with Crippen molar-refractivity contribution in [3.05, 3.63) is 71.3 Å². The molecule has 2 aromatic carbocycles. The van der Waals surface area contributed by atoms with Gasteiger partial charge >= 0.3 is 5.97 Å². The van der Waals surface area contributed by atoms with Crippen molar-refractivity contribution in [1.82, 2.24) is 10.6 Å². The molecule has 30 heavy (non-hydrogen) atoms. The molecule has 7 heteroatoms. The molecule has 0 aromatic heterocycles. The predicted octanol–water partition coefficient (Wildman–Crippen LogP) is 2.95. The normalized spacial score (nSPS) is 13.3. The van der Waals surface area contributed by atoms with Crippen LogP contribution in [-0.2, 0) is 16.1 Å². The molecule has 156 valence electrons. The molecule has 0 fully saturated rings. The second-order valence-electron chi connectivity index (χ2n) is 6.73. The highest BCUT2D eigenvalue weighted by Crippen LogP contribution is 2.12. The molecule has 2 aromatic rings. The van der Waals surface area contributed by atoms with E-state index in [-0.39, 0.29) is 11.9 Å². The third-order valence-electron chi connectivity index (χ3n) is 4.39. The first-order chi connectivity index (χ1) is 14.6. The molecule has 3 N–H and O–H groups in total. The van der Waals surface area contributed by atoms with Gasteiger partial charge in [-0.1, -0.05) is 24.3 Å². The minimum Gasteiger partial charge on any atom is -0.463 e. The van der Waals surface area contributed by atoms with E-state index in [0.29, 0.717) is 18.7 Å². The summed E-state index contributed by atoms with van der Waals surface area (Å²) in [6.45, 7) is 4.17. The van der Waals surface area contributed by atoms with Crippen molar-refractivity contribution in [1.29, 1.82) is 0 Å². The summed E-state index contributed by atoms with van der Waals surface area (Å²) < 4.78 is 4.88. The number of benzene rings is 2. The second kappa shape index (κ2) is 10.8. The maximum atomic E-state index is 12.6. The number of anilines is 1. The van der Waals surface area contributed by atoms with E-state index < -0.39 is 0 Å². The summed E-state index contributed by atoms with van der Waals surface area (Å²) in [6.07, 6.45) is 4.11. The lowest BCUT2D eigenvalue weighted by Crippen LogP contribution is -2.35. The number of carbonyl (C=O) groups is 2. The zero-order chi connectivity index (χ0) is 21.2. The van der Waals surface area contributed by atoms with Crippen LogP contribution in [0.15, 0.2) is 59.6 Å². The molecule has 0 radical (unpaired) electrons. The van der Waals surface area contributed by atoms with Gasteiger partial charge in [0.2, 0.25) is 0 Å². The number of rotatable bonds is 7. The largest absolute Gasteiger partial charge is 0.463 e. The molecule has 1 amide bonds. The molecule has 1 aliphatic heterocycles. The lowest BCUT2D eigenvalue weighted by atomic mass is 10.1. The van der Waals surface area contributed by atoms with E-state index in [4.69, 9.17) is 4.74 Å². The summed E-state index contributed by atoms with van der Waals surface area (Å²) in [5.74, 6) is 0.190. The average Bonchev–Trinajstić information content (AvgIpc) is 2.77. The first-order valence-corrected chi connectivity index (χ1v) is 10.0. The van der Waals surface area contributed by atoms with E-state index in [0.717, 1.165) is 42.3 Å². The Morgan fingerprint density at radius 1 is 1.20 bits per heavy atom. The first-order valence-electron chi connectivity index (χ1n) is 10.0. The number of amides is 1. The molecule has 0 atom stereocenters. The van der Waals surface area contributed by atoms with E-state index in [9.17, 15) is 9.59 Å². The van der Waals surface area contributed by atoms with Crippen molar-refractivity contribution in [3.8, 4) is 0 Å². The Morgan fingerprint density at radius 2 is 2.07 bits per heavy atom. The minimum atomic E-state index is -0.376. The Balaban J connectivity index is 1.58. The van der Waals surface area contributed by atoms with Crippen LogP contribution in [0.3, 0.4) is 0 Å². The molecule has 0 spiro atoms. The van der Waals surface area contributed by atoms with Gasteiger partial charge in [-0.25, -0.2) is 4.79 Å². The van der Waals surface area contributed by atoms with Crippen molar-refractivity contribution in [2.24, 2.45) is 4.99 Å². The van der Waals surface area contributed by atoms with Crippen LogP contribution in [0.4, 0.5) is 5.69 Å². The number of nitrogens with one attached hydrogen (secondary N) is 3. The molecule has 0 saturated heterocycles. The van der Waals surface area contributed by atoms with Crippen molar-refractivity contribution in [2.45, 2.75) is 19.9 Å². The molecule has 3 rings (SSSR count). The predicted molar refractivity (Wildman–Crippen MR) is 118 cm³/mol. The highest BCUT2D eigenvalue weighted by molar-refractivity contribution is 5.98. The first kappa shape index (κ1) is 21.1. The van der Waals surface area contributed by atoms with E-state index in [1.165, 1.54) is 6.08 Å². The quantitative estimate of drug-likeness (QED) is 0.486. The highest BCUT2D eigenvalue weighted by atomic mass is 16.5. The molecule has 0 bridgehead atoms. The molecule has 1 heterocycles. The number of guanidine groups is 1. The van der Waals surface area contributed by atoms with E-state index in [1.807, 2.05) is 36.4 Å². The fraction of sp³-hybridized carbons (Fsp3) is 0.261. The monoisotopic (exact) mass is 406 g/mol. The summed E-state index contributed by atoms with van der Waals surface area (Å²) in [5, 5.41) is 9.33. The third-order valence-corrected chi connectivity index (χ3v) is 4.39. The number of carbonyl (C=O) groups excluding carboxylic acids is 2. The number of nitrogens with zero attached hydrogens (tertiary/aromatic N) is 1. The minimum absolute atomic E-state index is 0.162. The van der Waals surface area contributed by atoms with Crippen molar-refractivity contribution in [2.75, 3.05) is 25.0 Å². The van der Waals surface area contributed by atoms with Crippen LogP contribution in [0.25, 0.3) is 6.08 Å². The lowest BCUT2D eigenvalue weighted by Gasteiger charge is -2.16. The number of esters is 1. The average molecular weight is 406 g/mol. The Kier molecular flexibility index (Phi) is 7.60. The van der Waals surface area contributed by atoms with Crippen LogP contribution in [0.2, 0.25) is 0 Å². The van der Waals surface area contributed by atoms with Crippen LogP contribution in [0.5, 0.6) is 0 Å². The zero-order valence-electron chi connectivity index (χ0n) is 17.0. The van der Waals surface area contributed by atoms with E-state index in [2.05, 4.69) is 20.9 Å². The van der Waals surface area contributed by atoms with Gasteiger partial charge in [0.1, 0.15) is 0 Å².